The quantitative estimate of drug-likeness (QED) is 0.298. The summed E-state index contributed by atoms with van der Waals surface area (Å²) in [5, 5.41) is 32.6. The van der Waals surface area contributed by atoms with Crippen molar-refractivity contribution in [3.63, 3.8) is 0 Å². The molecule has 2 aliphatic carbocycles. The van der Waals surface area contributed by atoms with Gasteiger partial charge < -0.3 is 25.0 Å². The molecule has 5 aliphatic rings. The first kappa shape index (κ1) is 30.3. The van der Waals surface area contributed by atoms with Gasteiger partial charge in [0.05, 0.1) is 28.7 Å². The molecule has 2 saturated heterocycles. The van der Waals surface area contributed by atoms with E-state index in [2.05, 4.69) is 29.7 Å². The number of nitrogen functional groups attached to an aromatic ring is 1. The predicted molar refractivity (Wildman–Crippen MR) is 182 cm³/mol. The first-order chi connectivity index (χ1) is 23.2. The maximum atomic E-state index is 11.3. The summed E-state index contributed by atoms with van der Waals surface area (Å²) in [6.45, 7) is 9.47. The van der Waals surface area contributed by atoms with Crippen LogP contribution in [0.2, 0.25) is 0 Å². The van der Waals surface area contributed by atoms with Crippen molar-refractivity contribution >= 4 is 33.2 Å². The molecule has 0 unspecified atom stereocenters. The first-order valence-electron chi connectivity index (χ1n) is 17.7. The van der Waals surface area contributed by atoms with Crippen molar-refractivity contribution in [1.29, 1.82) is 5.26 Å². The first-order valence-corrected chi connectivity index (χ1v) is 18.5. The van der Waals surface area contributed by atoms with E-state index in [-0.39, 0.29) is 18.1 Å². The lowest BCUT2D eigenvalue weighted by atomic mass is 9.63. The maximum absolute atomic E-state index is 11.3. The van der Waals surface area contributed by atoms with Crippen molar-refractivity contribution in [1.82, 2.24) is 29.8 Å². The number of hydrogen-bond donors (Lipinski definition) is 2. The molecule has 9 rings (SSSR count). The van der Waals surface area contributed by atoms with Crippen LogP contribution in [0.25, 0.3) is 22.6 Å². The van der Waals surface area contributed by atoms with E-state index in [1.54, 1.807) is 11.3 Å². The molecule has 3 aliphatic heterocycles. The molecule has 12 nitrogen and oxygen atoms in total. The molecule has 0 aromatic carbocycles. The van der Waals surface area contributed by atoms with E-state index in [1.807, 2.05) is 11.6 Å². The lowest BCUT2D eigenvalue weighted by molar-refractivity contribution is 0.0321. The molecular weight excluding hydrogens is 627 g/mol. The SMILES string of the molecule is C[C@H]([C@@H](C)n1nc2c3c(nc(-c4noc5c4CCC[C@@]54CCCc5sc(N)c(C#N)c54)nc31)N1C[C@](C)(O)CC[C@@H]1CO2)N1CCCC1. The van der Waals surface area contributed by atoms with Gasteiger partial charge in [0.25, 0.3) is 0 Å². The summed E-state index contributed by atoms with van der Waals surface area (Å²) in [4.78, 5) is 16.5. The zero-order chi connectivity index (χ0) is 32.9. The van der Waals surface area contributed by atoms with Crippen molar-refractivity contribution < 1.29 is 14.4 Å². The van der Waals surface area contributed by atoms with Gasteiger partial charge in [-0.25, -0.2) is 14.6 Å². The smallest absolute Gasteiger partial charge is 0.246 e. The van der Waals surface area contributed by atoms with Gasteiger partial charge in [-0.15, -0.1) is 16.4 Å². The molecule has 13 heteroatoms. The van der Waals surface area contributed by atoms with Gasteiger partial charge in [0, 0.05) is 23.0 Å². The number of piperidine rings is 1. The van der Waals surface area contributed by atoms with Gasteiger partial charge in [0.1, 0.15) is 28.9 Å². The Morgan fingerprint density at radius 3 is 2.67 bits per heavy atom. The van der Waals surface area contributed by atoms with Crippen molar-refractivity contribution in [2.45, 2.75) is 114 Å². The summed E-state index contributed by atoms with van der Waals surface area (Å²) < 4.78 is 14.8. The highest BCUT2D eigenvalue weighted by atomic mass is 32.1. The Morgan fingerprint density at radius 1 is 1.08 bits per heavy atom. The standard InChI is InChI=1S/C35H43N9O3S/c1-19(42-14-4-5-15-42)20(2)44-32-25-31(43-18-34(3,45)13-10-21(43)17-46-33(25)40-44)38-30(39-32)27-22-8-6-11-35(28(22)47-41-27)12-7-9-24-26(35)23(16-36)29(37)48-24/h19-21,45H,4-15,17-18,37H2,1-3H3/t19-,20-,21-,34-,35+/m1/s1. The highest BCUT2D eigenvalue weighted by Crippen LogP contribution is 2.55. The molecule has 3 N–H and O–H groups in total. The van der Waals surface area contributed by atoms with E-state index >= 15 is 0 Å². The maximum Gasteiger partial charge on any atom is 0.246 e. The van der Waals surface area contributed by atoms with Crippen LogP contribution in [0, 0.1) is 11.3 Å². The normalized spacial score (nSPS) is 28.0. The van der Waals surface area contributed by atoms with E-state index < -0.39 is 11.0 Å². The Balaban J connectivity index is 1.23. The second kappa shape index (κ2) is 10.9. The minimum absolute atomic E-state index is 0.0295. The van der Waals surface area contributed by atoms with Crippen LogP contribution in [-0.2, 0) is 18.3 Å². The summed E-state index contributed by atoms with van der Waals surface area (Å²) >= 11 is 1.55. The van der Waals surface area contributed by atoms with E-state index in [4.69, 9.17) is 35.2 Å². The van der Waals surface area contributed by atoms with Crippen LogP contribution >= 0.6 is 11.3 Å². The van der Waals surface area contributed by atoms with Gasteiger partial charge >= 0.3 is 0 Å². The second-order valence-corrected chi connectivity index (χ2v) is 16.2. The number of likely N-dealkylation sites (tertiary alicyclic amines) is 1. The number of aryl methyl sites for hydroxylation is 1. The summed E-state index contributed by atoms with van der Waals surface area (Å²) in [7, 11) is 0. The van der Waals surface area contributed by atoms with Crippen LogP contribution in [0.3, 0.4) is 0 Å². The van der Waals surface area contributed by atoms with E-state index in [1.165, 1.54) is 17.7 Å². The van der Waals surface area contributed by atoms with Crippen molar-refractivity contribution in [2.75, 3.05) is 36.9 Å². The summed E-state index contributed by atoms with van der Waals surface area (Å²) in [5.41, 5.74) is 9.15. The number of anilines is 2. The zero-order valence-corrected chi connectivity index (χ0v) is 28.8. The van der Waals surface area contributed by atoms with Gasteiger partial charge in [-0.1, -0.05) is 5.16 Å². The molecule has 1 spiro atoms. The van der Waals surface area contributed by atoms with Gasteiger partial charge in [-0.05, 0) is 104 Å². The molecule has 7 heterocycles. The number of nitrogens with two attached hydrogens (primary N) is 1. The van der Waals surface area contributed by atoms with Crippen LogP contribution in [0.4, 0.5) is 10.8 Å². The van der Waals surface area contributed by atoms with Gasteiger partial charge in [0.2, 0.25) is 5.88 Å². The number of rotatable bonds is 4. The summed E-state index contributed by atoms with van der Waals surface area (Å²) in [6.07, 6.45) is 9.35. The molecule has 2 fully saturated rings. The number of aromatic nitrogens is 5. The largest absolute Gasteiger partial charge is 0.474 e. The Hall–Kier alpha value is -3.73. The van der Waals surface area contributed by atoms with E-state index in [0.717, 1.165) is 86.1 Å². The summed E-state index contributed by atoms with van der Waals surface area (Å²) in [6, 6.07) is 2.76. The Bertz CT molecular complexity index is 1960. The minimum atomic E-state index is -0.856. The predicted octanol–water partition coefficient (Wildman–Crippen LogP) is 5.11. The molecule has 0 amide bonds. The second-order valence-electron chi connectivity index (χ2n) is 15.1. The van der Waals surface area contributed by atoms with E-state index in [9.17, 15) is 10.4 Å². The molecule has 5 atom stereocenters. The fraction of sp³-hybridized carbons (Fsp3) is 0.629. The summed E-state index contributed by atoms with van der Waals surface area (Å²) in [5.74, 6) is 2.62. The molecule has 0 radical (unpaired) electrons. The van der Waals surface area contributed by atoms with Crippen LogP contribution < -0.4 is 15.4 Å². The van der Waals surface area contributed by atoms with Crippen LogP contribution in [0.15, 0.2) is 4.52 Å². The molecular formula is C35H43N9O3S. The monoisotopic (exact) mass is 669 g/mol. The van der Waals surface area contributed by atoms with Crippen LogP contribution in [0.1, 0.15) is 106 Å². The molecule has 4 aromatic heterocycles. The molecule has 0 bridgehead atoms. The highest BCUT2D eigenvalue weighted by Gasteiger charge is 2.49. The topological polar surface area (TPSA) is 155 Å². The molecule has 4 aromatic rings. The lowest BCUT2D eigenvalue weighted by Crippen LogP contribution is -2.53. The lowest BCUT2D eigenvalue weighted by Gasteiger charge is -2.42. The Morgan fingerprint density at radius 2 is 1.88 bits per heavy atom. The van der Waals surface area contributed by atoms with Crippen molar-refractivity contribution in [3.05, 3.63) is 27.3 Å². The van der Waals surface area contributed by atoms with Crippen LogP contribution in [-0.4, -0.2) is 78.8 Å². The molecule has 48 heavy (non-hydrogen) atoms. The number of aliphatic hydroxyl groups is 1. The molecule has 252 valence electrons. The number of hydrogen-bond acceptors (Lipinski definition) is 12. The minimum Gasteiger partial charge on any atom is -0.474 e. The number of thiophene rings is 1. The Labute approximate surface area is 283 Å². The fourth-order valence-corrected chi connectivity index (χ4v) is 10.5. The van der Waals surface area contributed by atoms with Gasteiger partial charge in [-0.3, -0.25) is 4.90 Å². The number of nitriles is 1. The number of ether oxygens (including phenoxy) is 1. The Kier molecular flexibility index (Phi) is 6.88. The third kappa shape index (κ3) is 4.38. The van der Waals surface area contributed by atoms with Gasteiger partial charge in [-0.2, -0.15) is 5.26 Å². The average molecular weight is 670 g/mol. The fourth-order valence-electron chi connectivity index (χ4n) is 9.37. The van der Waals surface area contributed by atoms with E-state index in [0.29, 0.717) is 53.2 Å². The van der Waals surface area contributed by atoms with Crippen LogP contribution in [0.5, 0.6) is 5.88 Å². The molecule has 0 saturated carbocycles. The number of nitrogens with zero attached hydrogens (tertiary/aromatic N) is 8. The van der Waals surface area contributed by atoms with Crippen molar-refractivity contribution in [3.8, 4) is 23.5 Å². The third-order valence-corrected chi connectivity index (χ3v) is 13.1. The number of fused-ring (bicyclic) bond motifs is 6. The highest BCUT2D eigenvalue weighted by molar-refractivity contribution is 7.16. The van der Waals surface area contributed by atoms with Gasteiger partial charge in [0.15, 0.2) is 22.9 Å². The average Bonchev–Trinajstić information content (AvgIpc) is 3.87. The van der Waals surface area contributed by atoms with Crippen molar-refractivity contribution in [2.24, 2.45) is 0 Å². The zero-order valence-electron chi connectivity index (χ0n) is 28.0. The third-order valence-electron chi connectivity index (χ3n) is 12.0.